The monoisotopic (exact) mass is 374 g/mol. The number of ether oxygens (including phenoxy) is 1. The molecule has 2 aromatic rings. The first kappa shape index (κ1) is 18.5. The molecule has 0 saturated heterocycles. The van der Waals surface area contributed by atoms with E-state index in [1.54, 1.807) is 0 Å². The molecule has 0 unspecified atom stereocenters. The van der Waals surface area contributed by atoms with E-state index in [2.05, 4.69) is 5.32 Å². The van der Waals surface area contributed by atoms with Gasteiger partial charge < -0.3 is 10.1 Å². The average Bonchev–Trinajstić information content (AvgIpc) is 2.56. The Morgan fingerprint density at radius 2 is 1.92 bits per heavy atom. The Morgan fingerprint density at radius 1 is 1.24 bits per heavy atom. The van der Waals surface area contributed by atoms with Crippen LogP contribution in [-0.2, 0) is 4.79 Å². The van der Waals surface area contributed by atoms with Crippen LogP contribution < -0.4 is 10.1 Å². The largest absolute Gasteiger partial charge is 0.479 e. The van der Waals surface area contributed by atoms with Gasteiger partial charge in [0.1, 0.15) is 5.75 Å². The third-order valence-electron chi connectivity index (χ3n) is 3.09. The van der Waals surface area contributed by atoms with E-state index in [0.29, 0.717) is 6.07 Å². The highest BCUT2D eigenvalue weighted by molar-refractivity contribution is 6.32. The molecule has 2 aromatic carbocycles. The van der Waals surface area contributed by atoms with E-state index in [-0.39, 0.29) is 16.5 Å². The maximum absolute atomic E-state index is 13.5. The molecular formula is C15H10ClF3N2O4. The number of benzene rings is 2. The Morgan fingerprint density at radius 3 is 2.52 bits per heavy atom. The van der Waals surface area contributed by atoms with Gasteiger partial charge in [-0.1, -0.05) is 11.6 Å². The fourth-order valence-electron chi connectivity index (χ4n) is 1.80. The molecule has 0 aliphatic rings. The van der Waals surface area contributed by atoms with Gasteiger partial charge in [-0.15, -0.1) is 0 Å². The number of rotatable bonds is 5. The number of anilines is 1. The number of carbonyl (C=O) groups is 1. The zero-order chi connectivity index (χ0) is 18.7. The number of halogens is 4. The first-order valence-corrected chi connectivity index (χ1v) is 7.13. The first-order chi connectivity index (χ1) is 11.7. The van der Waals surface area contributed by atoms with E-state index >= 15 is 0 Å². The number of hydrogen-bond donors (Lipinski definition) is 1. The molecule has 0 saturated carbocycles. The maximum Gasteiger partial charge on any atom is 0.271 e. The van der Waals surface area contributed by atoms with Crippen molar-refractivity contribution in [3.8, 4) is 5.75 Å². The summed E-state index contributed by atoms with van der Waals surface area (Å²) in [6, 6.07) is 4.88. The van der Waals surface area contributed by atoms with Crippen LogP contribution in [0.5, 0.6) is 5.75 Å². The molecule has 0 aromatic heterocycles. The van der Waals surface area contributed by atoms with Gasteiger partial charge in [0.15, 0.2) is 23.6 Å². The van der Waals surface area contributed by atoms with E-state index < -0.39 is 40.1 Å². The van der Waals surface area contributed by atoms with Crippen LogP contribution >= 0.6 is 11.6 Å². The summed E-state index contributed by atoms with van der Waals surface area (Å²) in [5, 5.41) is 12.6. The van der Waals surface area contributed by atoms with Crippen molar-refractivity contribution < 1.29 is 27.6 Å². The minimum absolute atomic E-state index is 0.0133. The SMILES string of the molecule is C[C@@H](Oc1ccc([N+](=O)[O-])cc1Cl)C(=O)Nc1ccc(F)c(F)c1F. The molecule has 0 spiro atoms. The summed E-state index contributed by atoms with van der Waals surface area (Å²) in [6.45, 7) is 1.30. The topological polar surface area (TPSA) is 81.5 Å². The lowest BCUT2D eigenvalue weighted by molar-refractivity contribution is -0.384. The highest BCUT2D eigenvalue weighted by Gasteiger charge is 2.21. The molecule has 1 atom stereocenters. The van der Waals surface area contributed by atoms with Crippen LogP contribution in [0.2, 0.25) is 5.02 Å². The summed E-state index contributed by atoms with van der Waals surface area (Å²) < 4.78 is 44.8. The molecule has 2 rings (SSSR count). The molecule has 0 radical (unpaired) electrons. The van der Waals surface area contributed by atoms with E-state index in [1.165, 1.54) is 13.0 Å². The van der Waals surface area contributed by atoms with Crippen LogP contribution in [0.15, 0.2) is 30.3 Å². The summed E-state index contributed by atoms with van der Waals surface area (Å²) in [7, 11) is 0. The van der Waals surface area contributed by atoms with Crippen LogP contribution in [0.1, 0.15) is 6.92 Å². The van der Waals surface area contributed by atoms with Crippen molar-refractivity contribution in [3.05, 3.63) is 62.9 Å². The number of nitro groups is 1. The molecular weight excluding hydrogens is 365 g/mol. The van der Waals surface area contributed by atoms with Gasteiger partial charge in [0.2, 0.25) is 0 Å². The number of amides is 1. The quantitative estimate of drug-likeness (QED) is 0.486. The van der Waals surface area contributed by atoms with Crippen molar-refractivity contribution in [1.29, 1.82) is 0 Å². The van der Waals surface area contributed by atoms with Crippen molar-refractivity contribution in [2.75, 3.05) is 5.32 Å². The van der Waals surface area contributed by atoms with Gasteiger partial charge in [-0.3, -0.25) is 14.9 Å². The molecule has 6 nitrogen and oxygen atoms in total. The summed E-state index contributed by atoms with van der Waals surface area (Å²) in [5.74, 6) is -5.53. The highest BCUT2D eigenvalue weighted by Crippen LogP contribution is 2.29. The minimum atomic E-state index is -1.72. The van der Waals surface area contributed by atoms with Gasteiger partial charge in [-0.05, 0) is 25.1 Å². The number of nitrogens with one attached hydrogen (secondary N) is 1. The van der Waals surface area contributed by atoms with Crippen molar-refractivity contribution in [1.82, 2.24) is 0 Å². The normalized spacial score (nSPS) is 11.7. The summed E-state index contributed by atoms with van der Waals surface area (Å²) in [4.78, 5) is 22.0. The second kappa shape index (κ2) is 7.39. The zero-order valence-electron chi connectivity index (χ0n) is 12.6. The lowest BCUT2D eigenvalue weighted by atomic mass is 10.2. The predicted octanol–water partition coefficient (Wildman–Crippen LogP) is 4.07. The Kier molecular flexibility index (Phi) is 5.48. The van der Waals surface area contributed by atoms with Crippen molar-refractivity contribution in [3.63, 3.8) is 0 Å². The number of nitro benzene ring substituents is 1. The lowest BCUT2D eigenvalue weighted by Gasteiger charge is -2.16. The van der Waals surface area contributed by atoms with E-state index in [0.717, 1.165) is 18.2 Å². The van der Waals surface area contributed by atoms with Gasteiger partial charge in [0.05, 0.1) is 15.6 Å². The van der Waals surface area contributed by atoms with E-state index in [9.17, 15) is 28.1 Å². The van der Waals surface area contributed by atoms with Gasteiger partial charge in [-0.2, -0.15) is 0 Å². The average molecular weight is 375 g/mol. The third-order valence-corrected chi connectivity index (χ3v) is 3.39. The molecule has 0 aliphatic carbocycles. The number of hydrogen-bond acceptors (Lipinski definition) is 4. The molecule has 132 valence electrons. The van der Waals surface area contributed by atoms with Crippen LogP contribution in [0, 0.1) is 27.6 Å². The Balaban J connectivity index is 2.11. The van der Waals surface area contributed by atoms with E-state index in [4.69, 9.17) is 16.3 Å². The molecule has 0 fully saturated rings. The summed E-state index contributed by atoms with van der Waals surface area (Å²) in [5.41, 5.74) is -0.826. The van der Waals surface area contributed by atoms with Gasteiger partial charge in [0, 0.05) is 12.1 Å². The Hall–Kier alpha value is -2.81. The fourth-order valence-corrected chi connectivity index (χ4v) is 2.02. The molecule has 25 heavy (non-hydrogen) atoms. The van der Waals surface area contributed by atoms with Crippen molar-refractivity contribution in [2.24, 2.45) is 0 Å². The minimum Gasteiger partial charge on any atom is -0.479 e. The lowest BCUT2D eigenvalue weighted by Crippen LogP contribution is -2.30. The van der Waals surface area contributed by atoms with Crippen LogP contribution in [0.25, 0.3) is 0 Å². The molecule has 10 heteroatoms. The maximum atomic E-state index is 13.5. The van der Waals surface area contributed by atoms with Crippen LogP contribution in [-0.4, -0.2) is 16.9 Å². The number of non-ortho nitro benzene ring substituents is 1. The summed E-state index contributed by atoms with van der Waals surface area (Å²) >= 11 is 5.83. The predicted molar refractivity (Wildman–Crippen MR) is 83.1 cm³/mol. The fraction of sp³-hybridized carbons (Fsp3) is 0.133. The number of nitrogens with zero attached hydrogens (tertiary/aromatic N) is 1. The molecule has 0 heterocycles. The molecule has 1 amide bonds. The molecule has 1 N–H and O–H groups in total. The standard InChI is InChI=1S/C15H10ClF3N2O4/c1-7(25-12-5-2-8(21(23)24)6-9(12)16)15(22)20-11-4-3-10(17)13(18)14(11)19/h2-7H,1H3,(H,20,22)/t7-/m1/s1. The molecule has 0 bridgehead atoms. The van der Waals surface area contributed by atoms with Crippen LogP contribution in [0.4, 0.5) is 24.5 Å². The van der Waals surface area contributed by atoms with Crippen molar-refractivity contribution in [2.45, 2.75) is 13.0 Å². The Bertz CT molecular complexity index is 848. The van der Waals surface area contributed by atoms with Gasteiger partial charge in [0.25, 0.3) is 11.6 Å². The second-order valence-corrected chi connectivity index (χ2v) is 5.25. The third kappa shape index (κ3) is 4.18. The first-order valence-electron chi connectivity index (χ1n) is 6.75. The van der Waals surface area contributed by atoms with Crippen LogP contribution in [0.3, 0.4) is 0 Å². The van der Waals surface area contributed by atoms with Gasteiger partial charge in [-0.25, -0.2) is 13.2 Å². The smallest absolute Gasteiger partial charge is 0.271 e. The number of carbonyl (C=O) groups excluding carboxylic acids is 1. The molecule has 0 aliphatic heterocycles. The van der Waals surface area contributed by atoms with E-state index in [1.807, 2.05) is 0 Å². The van der Waals surface area contributed by atoms with Crippen molar-refractivity contribution >= 4 is 28.9 Å². The highest BCUT2D eigenvalue weighted by atomic mass is 35.5. The zero-order valence-corrected chi connectivity index (χ0v) is 13.3. The van der Waals surface area contributed by atoms with Gasteiger partial charge >= 0.3 is 0 Å². The summed E-state index contributed by atoms with van der Waals surface area (Å²) in [6.07, 6.45) is -1.20. The second-order valence-electron chi connectivity index (χ2n) is 4.84. The Labute approximate surface area is 144 Å².